The number of hydrogen-bond acceptors (Lipinski definition) is 7. The number of rotatable bonds is 6. The van der Waals surface area contributed by atoms with Gasteiger partial charge in [-0.3, -0.25) is 5.21 Å². The summed E-state index contributed by atoms with van der Waals surface area (Å²) in [5.41, 5.74) is 0.0561. The molecule has 0 amide bonds. The average Bonchev–Trinajstić information content (AvgIpc) is 2.45. The Kier molecular flexibility index (Phi) is 6.38. The van der Waals surface area contributed by atoms with Crippen LogP contribution in [0.25, 0.3) is 6.08 Å². The first-order chi connectivity index (χ1) is 9.99. The molecule has 1 aromatic carbocycles. The van der Waals surface area contributed by atoms with Crippen molar-refractivity contribution in [2.45, 2.75) is 13.8 Å². The quantitative estimate of drug-likeness (QED) is 0.281. The number of hydrogen-bond donors (Lipinski definition) is 1. The van der Waals surface area contributed by atoms with E-state index >= 15 is 0 Å². The molecule has 0 fully saturated rings. The summed E-state index contributed by atoms with van der Waals surface area (Å²) in [4.78, 5) is 23.5. The minimum absolute atomic E-state index is 0.0317. The van der Waals surface area contributed by atoms with E-state index in [1.807, 2.05) is 0 Å². The van der Waals surface area contributed by atoms with Gasteiger partial charge in [-0.25, -0.2) is 9.59 Å². The van der Waals surface area contributed by atoms with E-state index in [2.05, 4.69) is 0 Å². The number of ether oxygens (including phenoxy) is 2. The number of esters is 2. The summed E-state index contributed by atoms with van der Waals surface area (Å²) in [6, 6.07) is 5.74. The van der Waals surface area contributed by atoms with E-state index in [-0.39, 0.29) is 29.7 Å². The van der Waals surface area contributed by atoms with Gasteiger partial charge in [0.2, 0.25) is 0 Å². The lowest BCUT2D eigenvalue weighted by Crippen LogP contribution is -2.18. The zero-order valence-electron chi connectivity index (χ0n) is 11.7. The summed E-state index contributed by atoms with van der Waals surface area (Å²) in [5, 5.41) is 19.4. The maximum Gasteiger partial charge on any atom is 0.345 e. The lowest BCUT2D eigenvalue weighted by Gasteiger charge is -2.21. The Morgan fingerprint density at radius 2 is 1.81 bits per heavy atom. The fourth-order valence-electron chi connectivity index (χ4n) is 1.52. The smallest absolute Gasteiger partial charge is 0.345 e. The fourth-order valence-corrected chi connectivity index (χ4v) is 1.52. The van der Waals surface area contributed by atoms with Crippen molar-refractivity contribution in [1.82, 2.24) is 0 Å². The molecule has 7 heteroatoms. The zero-order valence-corrected chi connectivity index (χ0v) is 11.7. The summed E-state index contributed by atoms with van der Waals surface area (Å²) >= 11 is 0. The molecule has 0 heterocycles. The van der Waals surface area contributed by atoms with Crippen molar-refractivity contribution in [2.75, 3.05) is 18.4 Å². The summed E-state index contributed by atoms with van der Waals surface area (Å²) < 4.78 is 9.58. The molecule has 0 saturated heterocycles. The second-order valence-corrected chi connectivity index (χ2v) is 3.87. The van der Waals surface area contributed by atoms with Crippen LogP contribution in [-0.4, -0.2) is 30.4 Å². The lowest BCUT2D eigenvalue weighted by atomic mass is 10.1. The van der Waals surface area contributed by atoms with Gasteiger partial charge in [0.1, 0.15) is 5.57 Å². The van der Waals surface area contributed by atoms with E-state index in [1.54, 1.807) is 19.9 Å². The highest BCUT2D eigenvalue weighted by Crippen LogP contribution is 2.17. The zero-order chi connectivity index (χ0) is 15.8. The highest BCUT2D eigenvalue weighted by Gasteiger charge is 2.20. The highest BCUT2D eigenvalue weighted by molar-refractivity contribution is 6.17. The van der Waals surface area contributed by atoms with E-state index in [0.717, 1.165) is 0 Å². The first-order valence-electron chi connectivity index (χ1n) is 6.31. The molecule has 0 radical (unpaired) electrons. The number of nitrogens with zero attached hydrogens (tertiary/aromatic N) is 1. The van der Waals surface area contributed by atoms with Crippen LogP contribution in [0.5, 0.6) is 0 Å². The molecule has 114 valence electrons. The number of benzene rings is 1. The van der Waals surface area contributed by atoms with E-state index in [0.29, 0.717) is 5.56 Å². The Hall–Kier alpha value is -2.38. The highest BCUT2D eigenvalue weighted by atomic mass is 16.8. The third kappa shape index (κ3) is 4.90. The SMILES string of the molecule is CCOC(=O)C(=Cc1cccc(N([O-])O)c1)C(=O)OCC. The van der Waals surface area contributed by atoms with Crippen LogP contribution in [-0.2, 0) is 19.1 Å². The first kappa shape index (κ1) is 16.7. The third-order valence-corrected chi connectivity index (χ3v) is 2.39. The van der Waals surface area contributed by atoms with Gasteiger partial charge in [-0.2, -0.15) is 0 Å². The van der Waals surface area contributed by atoms with Gasteiger partial charge in [0.05, 0.1) is 18.9 Å². The Bertz CT molecular complexity index is 518. The van der Waals surface area contributed by atoms with Gasteiger partial charge in [0.25, 0.3) is 0 Å². The van der Waals surface area contributed by atoms with Gasteiger partial charge in [-0.15, -0.1) is 0 Å². The largest absolute Gasteiger partial charge is 0.733 e. The molecule has 0 spiro atoms. The Morgan fingerprint density at radius 3 is 2.29 bits per heavy atom. The number of anilines is 1. The molecule has 0 bridgehead atoms. The Morgan fingerprint density at radius 1 is 1.24 bits per heavy atom. The molecule has 1 N–H and O–H groups in total. The lowest BCUT2D eigenvalue weighted by molar-refractivity contribution is -0.146. The minimum atomic E-state index is -0.815. The molecule has 0 aromatic heterocycles. The minimum Gasteiger partial charge on any atom is -0.733 e. The van der Waals surface area contributed by atoms with Gasteiger partial charge >= 0.3 is 11.9 Å². The normalized spacial score (nSPS) is 9.71. The Labute approximate surface area is 121 Å². The van der Waals surface area contributed by atoms with Crippen molar-refractivity contribution in [1.29, 1.82) is 0 Å². The molecule has 0 aliphatic rings. The molecule has 7 nitrogen and oxygen atoms in total. The molecule has 21 heavy (non-hydrogen) atoms. The molecular formula is C14H16NO6-. The van der Waals surface area contributed by atoms with Gasteiger partial charge in [-0.05, 0) is 37.6 Å². The van der Waals surface area contributed by atoms with Gasteiger partial charge in [0.15, 0.2) is 0 Å². The van der Waals surface area contributed by atoms with Crippen LogP contribution in [0.2, 0.25) is 0 Å². The van der Waals surface area contributed by atoms with Crippen LogP contribution < -0.4 is 5.23 Å². The summed E-state index contributed by atoms with van der Waals surface area (Å²) in [5.74, 6) is -1.63. The summed E-state index contributed by atoms with van der Waals surface area (Å²) in [7, 11) is 0. The first-order valence-corrected chi connectivity index (χ1v) is 6.31. The van der Waals surface area contributed by atoms with Gasteiger partial charge in [0, 0.05) is 0 Å². The second-order valence-electron chi connectivity index (χ2n) is 3.87. The third-order valence-electron chi connectivity index (χ3n) is 2.39. The predicted octanol–water partition coefficient (Wildman–Crippen LogP) is 1.89. The van der Waals surface area contributed by atoms with Crippen LogP contribution in [0, 0.1) is 5.21 Å². The maximum atomic E-state index is 11.8. The fraction of sp³-hybridized carbons (Fsp3) is 0.286. The maximum absolute atomic E-state index is 11.8. The molecule has 0 aliphatic carbocycles. The number of carbonyl (C=O) groups excluding carboxylic acids is 2. The summed E-state index contributed by atoms with van der Waals surface area (Å²) in [6.45, 7) is 3.45. The molecular weight excluding hydrogens is 278 g/mol. The molecule has 0 unspecified atom stereocenters. The van der Waals surface area contributed by atoms with E-state index < -0.39 is 11.9 Å². The Balaban J connectivity index is 3.15. The van der Waals surface area contributed by atoms with Crippen LogP contribution in [0.3, 0.4) is 0 Å². The summed E-state index contributed by atoms with van der Waals surface area (Å²) in [6.07, 6.45) is 1.24. The predicted molar refractivity (Wildman–Crippen MR) is 75.3 cm³/mol. The monoisotopic (exact) mass is 294 g/mol. The molecule has 0 saturated carbocycles. The van der Waals surface area contributed by atoms with E-state index in [1.165, 1.54) is 24.3 Å². The molecule has 1 rings (SSSR count). The standard InChI is InChI=1S/C14H16NO6/c1-3-20-13(16)12(14(17)21-4-2)9-10-6-5-7-11(8-10)15(18)19/h5-9,18H,3-4H2,1-2H3/q-1. The van der Waals surface area contributed by atoms with Gasteiger partial charge < -0.3 is 19.9 Å². The van der Waals surface area contributed by atoms with Crippen molar-refractivity contribution in [3.05, 3.63) is 40.6 Å². The average molecular weight is 294 g/mol. The van der Waals surface area contributed by atoms with E-state index in [9.17, 15) is 14.8 Å². The molecule has 0 aliphatic heterocycles. The van der Waals surface area contributed by atoms with Crippen molar-refractivity contribution < 1.29 is 24.3 Å². The molecule has 1 aromatic rings. The van der Waals surface area contributed by atoms with Crippen LogP contribution >= 0.6 is 0 Å². The van der Waals surface area contributed by atoms with Crippen molar-refractivity contribution in [2.24, 2.45) is 0 Å². The van der Waals surface area contributed by atoms with E-state index in [4.69, 9.17) is 14.7 Å². The number of carbonyl (C=O) groups is 2. The topological polar surface area (TPSA) is 99.1 Å². The molecule has 0 atom stereocenters. The van der Waals surface area contributed by atoms with Crippen molar-refractivity contribution in [3.63, 3.8) is 0 Å². The van der Waals surface area contributed by atoms with Crippen LogP contribution in [0.15, 0.2) is 29.8 Å². The van der Waals surface area contributed by atoms with Crippen molar-refractivity contribution >= 4 is 23.7 Å². The van der Waals surface area contributed by atoms with Crippen molar-refractivity contribution in [3.8, 4) is 0 Å². The van der Waals surface area contributed by atoms with Crippen LogP contribution in [0.4, 0.5) is 5.69 Å². The van der Waals surface area contributed by atoms with Crippen LogP contribution in [0.1, 0.15) is 19.4 Å². The second kappa shape index (κ2) is 8.03. The van der Waals surface area contributed by atoms with Gasteiger partial charge in [-0.1, -0.05) is 12.1 Å².